The Hall–Kier alpha value is -2.58. The largest absolute Gasteiger partial charge is 0.484 e. The molecular formula is C30H32ClIN2O3. The standard InChI is InChI=1S/C30H32ClIN2O3/c31-27-14-8-7-11-23(27)20-34(29(35)21-37-26-17-15-24(32)16-18-26)28(19-22-9-3-1-4-10-22)30(36)33-25-12-5-2-6-13-25/h1,3-4,7-11,14-18,25,28H,2,5-6,12-13,19-21H2,(H,33,36). The Balaban J connectivity index is 1.61. The van der Waals surface area contributed by atoms with Gasteiger partial charge in [-0.05, 0) is 76.9 Å². The van der Waals surface area contributed by atoms with Crippen molar-refractivity contribution >= 4 is 46.0 Å². The van der Waals surface area contributed by atoms with Crippen molar-refractivity contribution in [1.82, 2.24) is 10.2 Å². The quantitative estimate of drug-likeness (QED) is 0.264. The zero-order chi connectivity index (χ0) is 26.0. The highest BCUT2D eigenvalue weighted by atomic mass is 127. The minimum atomic E-state index is -0.701. The molecule has 1 aliphatic rings. The molecule has 7 heteroatoms. The Labute approximate surface area is 237 Å². The van der Waals surface area contributed by atoms with Crippen LogP contribution >= 0.6 is 34.2 Å². The Morgan fingerprint density at radius 3 is 2.32 bits per heavy atom. The van der Waals surface area contributed by atoms with Crippen LogP contribution in [0.5, 0.6) is 5.75 Å². The second kappa shape index (κ2) is 13.8. The van der Waals surface area contributed by atoms with E-state index in [1.54, 1.807) is 11.0 Å². The van der Waals surface area contributed by atoms with Crippen molar-refractivity contribution in [3.63, 3.8) is 0 Å². The van der Waals surface area contributed by atoms with E-state index in [9.17, 15) is 9.59 Å². The molecule has 1 saturated carbocycles. The molecule has 0 aliphatic heterocycles. The van der Waals surface area contributed by atoms with Gasteiger partial charge in [-0.3, -0.25) is 9.59 Å². The molecule has 0 spiro atoms. The van der Waals surface area contributed by atoms with Gasteiger partial charge in [0.25, 0.3) is 5.91 Å². The van der Waals surface area contributed by atoms with Crippen LogP contribution in [0.1, 0.15) is 43.2 Å². The van der Waals surface area contributed by atoms with Crippen LogP contribution in [0.3, 0.4) is 0 Å². The van der Waals surface area contributed by atoms with Crippen molar-refractivity contribution in [1.29, 1.82) is 0 Å². The van der Waals surface area contributed by atoms with Crippen LogP contribution < -0.4 is 10.1 Å². The molecule has 3 aromatic rings. The van der Waals surface area contributed by atoms with E-state index in [-0.39, 0.29) is 31.0 Å². The molecule has 0 heterocycles. The summed E-state index contributed by atoms with van der Waals surface area (Å²) in [6.07, 6.45) is 5.77. The van der Waals surface area contributed by atoms with E-state index in [0.29, 0.717) is 17.2 Å². The van der Waals surface area contributed by atoms with Crippen LogP contribution in [0, 0.1) is 3.57 Å². The van der Waals surface area contributed by atoms with Crippen molar-refractivity contribution in [2.24, 2.45) is 0 Å². The topological polar surface area (TPSA) is 58.6 Å². The molecule has 37 heavy (non-hydrogen) atoms. The first-order chi connectivity index (χ1) is 18.0. The minimum absolute atomic E-state index is 0.134. The highest BCUT2D eigenvalue weighted by molar-refractivity contribution is 14.1. The molecule has 3 aromatic carbocycles. The summed E-state index contributed by atoms with van der Waals surface area (Å²) >= 11 is 8.72. The Morgan fingerprint density at radius 1 is 0.946 bits per heavy atom. The third-order valence-electron chi connectivity index (χ3n) is 6.70. The van der Waals surface area contributed by atoms with Crippen LogP contribution in [0.2, 0.25) is 5.02 Å². The maximum absolute atomic E-state index is 13.8. The summed E-state index contributed by atoms with van der Waals surface area (Å²) in [4.78, 5) is 29.1. The highest BCUT2D eigenvalue weighted by Crippen LogP contribution is 2.23. The molecule has 4 rings (SSSR count). The summed E-state index contributed by atoms with van der Waals surface area (Å²) in [6.45, 7) is 0.0389. The third kappa shape index (κ3) is 8.20. The maximum atomic E-state index is 13.8. The van der Waals surface area contributed by atoms with Gasteiger partial charge in [0.2, 0.25) is 5.91 Å². The van der Waals surface area contributed by atoms with Gasteiger partial charge in [-0.25, -0.2) is 0 Å². The Morgan fingerprint density at radius 2 is 1.62 bits per heavy atom. The fourth-order valence-corrected chi connectivity index (χ4v) is 5.22. The van der Waals surface area contributed by atoms with E-state index in [2.05, 4.69) is 27.9 Å². The molecule has 194 valence electrons. The average Bonchev–Trinajstić information content (AvgIpc) is 2.92. The minimum Gasteiger partial charge on any atom is -0.484 e. The predicted molar refractivity (Wildman–Crippen MR) is 156 cm³/mol. The molecule has 1 atom stereocenters. The van der Waals surface area contributed by atoms with Crippen LogP contribution in [-0.4, -0.2) is 35.4 Å². The normalized spacial score (nSPS) is 14.5. The summed E-state index contributed by atoms with van der Waals surface area (Å²) in [5.74, 6) is 0.210. The lowest BCUT2D eigenvalue weighted by Gasteiger charge is -2.33. The van der Waals surface area contributed by atoms with E-state index < -0.39 is 6.04 Å². The van der Waals surface area contributed by atoms with Gasteiger partial charge in [0.1, 0.15) is 11.8 Å². The van der Waals surface area contributed by atoms with Crippen LogP contribution in [0.15, 0.2) is 78.9 Å². The molecule has 1 N–H and O–H groups in total. The molecule has 1 unspecified atom stereocenters. The lowest BCUT2D eigenvalue weighted by Crippen LogP contribution is -2.53. The molecule has 2 amide bonds. The van der Waals surface area contributed by atoms with Gasteiger partial charge in [-0.2, -0.15) is 0 Å². The number of nitrogens with one attached hydrogen (secondary N) is 1. The summed E-state index contributed by atoms with van der Waals surface area (Å²) < 4.78 is 6.92. The fourth-order valence-electron chi connectivity index (χ4n) is 4.67. The molecular weight excluding hydrogens is 599 g/mol. The maximum Gasteiger partial charge on any atom is 0.261 e. The number of halogens is 2. The van der Waals surface area contributed by atoms with Crippen LogP contribution in [0.4, 0.5) is 0 Å². The number of amides is 2. The SMILES string of the molecule is O=C(NC1CCCCC1)C(Cc1ccccc1)N(Cc1ccccc1Cl)C(=O)COc1ccc(I)cc1. The molecule has 5 nitrogen and oxygen atoms in total. The van der Waals surface area contributed by atoms with E-state index in [4.69, 9.17) is 16.3 Å². The van der Waals surface area contributed by atoms with Gasteiger partial charge in [0.15, 0.2) is 6.61 Å². The summed E-state index contributed by atoms with van der Waals surface area (Å²) in [7, 11) is 0. The number of ether oxygens (including phenoxy) is 1. The first-order valence-corrected chi connectivity index (χ1v) is 14.2. The van der Waals surface area contributed by atoms with Gasteiger partial charge in [-0.15, -0.1) is 0 Å². The predicted octanol–water partition coefficient (Wildman–Crippen LogP) is 6.41. The lowest BCUT2D eigenvalue weighted by molar-refractivity contribution is -0.143. The van der Waals surface area contributed by atoms with Gasteiger partial charge in [0, 0.05) is 27.6 Å². The lowest BCUT2D eigenvalue weighted by atomic mass is 9.94. The van der Waals surface area contributed by atoms with Gasteiger partial charge < -0.3 is 15.0 Å². The molecule has 0 radical (unpaired) electrons. The molecule has 0 aromatic heterocycles. The van der Waals surface area contributed by atoms with Crippen molar-refractivity contribution in [3.8, 4) is 5.75 Å². The van der Waals surface area contributed by atoms with Crippen molar-refractivity contribution in [3.05, 3.63) is 98.6 Å². The van der Waals surface area contributed by atoms with E-state index in [1.807, 2.05) is 72.8 Å². The van der Waals surface area contributed by atoms with Crippen LogP contribution in [-0.2, 0) is 22.6 Å². The monoisotopic (exact) mass is 630 g/mol. The number of nitrogens with zero attached hydrogens (tertiary/aromatic N) is 1. The number of hydrogen-bond donors (Lipinski definition) is 1. The van der Waals surface area contributed by atoms with Crippen molar-refractivity contribution < 1.29 is 14.3 Å². The third-order valence-corrected chi connectivity index (χ3v) is 7.79. The molecule has 1 fully saturated rings. The molecule has 1 aliphatic carbocycles. The summed E-state index contributed by atoms with van der Waals surface area (Å²) in [5, 5.41) is 3.81. The van der Waals surface area contributed by atoms with Gasteiger partial charge in [-0.1, -0.05) is 79.4 Å². The number of benzene rings is 3. The Bertz CT molecular complexity index is 1170. The average molecular weight is 631 g/mol. The van der Waals surface area contributed by atoms with E-state index in [0.717, 1.165) is 40.4 Å². The second-order valence-corrected chi connectivity index (χ2v) is 11.1. The van der Waals surface area contributed by atoms with E-state index in [1.165, 1.54) is 6.42 Å². The zero-order valence-corrected chi connectivity index (χ0v) is 23.7. The second-order valence-electron chi connectivity index (χ2n) is 9.40. The smallest absolute Gasteiger partial charge is 0.261 e. The number of carbonyl (C=O) groups excluding carboxylic acids is 2. The first kappa shape index (κ1) is 27.5. The number of hydrogen-bond acceptors (Lipinski definition) is 3. The highest BCUT2D eigenvalue weighted by Gasteiger charge is 2.32. The Kier molecular flexibility index (Phi) is 10.3. The van der Waals surface area contributed by atoms with E-state index >= 15 is 0 Å². The summed E-state index contributed by atoms with van der Waals surface area (Å²) in [5.41, 5.74) is 1.78. The number of rotatable bonds is 10. The van der Waals surface area contributed by atoms with Crippen molar-refractivity contribution in [2.75, 3.05) is 6.61 Å². The van der Waals surface area contributed by atoms with Gasteiger partial charge >= 0.3 is 0 Å². The van der Waals surface area contributed by atoms with Crippen LogP contribution in [0.25, 0.3) is 0 Å². The first-order valence-electron chi connectivity index (χ1n) is 12.7. The molecule has 0 bridgehead atoms. The zero-order valence-electron chi connectivity index (χ0n) is 20.7. The fraction of sp³-hybridized carbons (Fsp3) is 0.333. The van der Waals surface area contributed by atoms with Gasteiger partial charge in [0.05, 0.1) is 0 Å². The van der Waals surface area contributed by atoms with Crippen molar-refractivity contribution in [2.45, 2.75) is 57.2 Å². The summed E-state index contributed by atoms with van der Waals surface area (Å²) in [6, 6.07) is 24.2. The molecule has 0 saturated heterocycles. The number of carbonyl (C=O) groups is 2.